The van der Waals surface area contributed by atoms with Gasteiger partial charge in [0.25, 0.3) is 0 Å². The molecule has 0 amide bonds. The second-order valence-corrected chi connectivity index (χ2v) is 1.93. The Balaban J connectivity index is 2.32. The number of hydrogen-bond donors (Lipinski definition) is 1. The first-order valence-corrected chi connectivity index (χ1v) is 2.77. The molecule has 1 aliphatic heterocycles. The highest BCUT2D eigenvalue weighted by Crippen LogP contribution is 1.98. The molecule has 0 saturated carbocycles. The molecule has 1 rings (SSSR count). The van der Waals surface area contributed by atoms with Crippen LogP contribution in [0.25, 0.3) is 0 Å². The summed E-state index contributed by atoms with van der Waals surface area (Å²) in [5.41, 5.74) is 2.91. The van der Waals surface area contributed by atoms with Crippen LogP contribution in [0.15, 0.2) is 0 Å². The van der Waals surface area contributed by atoms with E-state index in [4.69, 9.17) is 0 Å². The van der Waals surface area contributed by atoms with Crippen LogP contribution in [-0.2, 0) is 4.79 Å². The van der Waals surface area contributed by atoms with E-state index in [1.807, 2.05) is 12.1 Å². The number of carbonyl (C=O) groups is 1. The Bertz CT molecular complexity index is 103. The summed E-state index contributed by atoms with van der Waals surface area (Å²) < 4.78 is 0. The maximum Gasteiger partial charge on any atom is 0.149 e. The molecule has 0 bridgehead atoms. The minimum Gasteiger partial charge on any atom is -0.298 e. The summed E-state index contributed by atoms with van der Waals surface area (Å²) in [6, 6.07) is 0. The Hall–Kier alpha value is -0.410. The van der Waals surface area contributed by atoms with E-state index in [9.17, 15) is 4.79 Å². The Kier molecular flexibility index (Phi) is 1.60. The van der Waals surface area contributed by atoms with Crippen molar-refractivity contribution in [3.05, 3.63) is 0 Å². The zero-order valence-corrected chi connectivity index (χ0v) is 4.98. The van der Waals surface area contributed by atoms with Crippen LogP contribution in [0.5, 0.6) is 0 Å². The monoisotopic (exact) mass is 114 g/mol. The molecular formula is C5H10N2O. The zero-order valence-electron chi connectivity index (χ0n) is 4.98. The van der Waals surface area contributed by atoms with Crippen LogP contribution in [-0.4, -0.2) is 30.9 Å². The average Bonchev–Trinajstić information content (AvgIpc) is 2.14. The van der Waals surface area contributed by atoms with Crippen molar-refractivity contribution in [2.45, 2.75) is 6.42 Å². The predicted octanol–water partition coefficient (Wildman–Crippen LogP) is -0.604. The van der Waals surface area contributed by atoms with Crippen LogP contribution < -0.4 is 5.43 Å². The highest BCUT2D eigenvalue weighted by molar-refractivity contribution is 5.82. The van der Waals surface area contributed by atoms with E-state index >= 15 is 0 Å². The maximum atomic E-state index is 10.5. The highest BCUT2D eigenvalue weighted by Gasteiger charge is 2.16. The molecule has 0 unspecified atom stereocenters. The summed E-state index contributed by atoms with van der Waals surface area (Å²) in [5, 5.41) is 1.91. The zero-order chi connectivity index (χ0) is 5.98. The van der Waals surface area contributed by atoms with Crippen LogP contribution in [0.1, 0.15) is 6.42 Å². The van der Waals surface area contributed by atoms with E-state index in [1.54, 1.807) is 0 Å². The first kappa shape index (κ1) is 5.72. The van der Waals surface area contributed by atoms with Gasteiger partial charge in [0.15, 0.2) is 0 Å². The normalized spacial score (nSPS) is 22.4. The topological polar surface area (TPSA) is 32.3 Å². The molecule has 3 nitrogen and oxygen atoms in total. The number of hydrazine groups is 1. The quantitative estimate of drug-likeness (QED) is 0.494. The van der Waals surface area contributed by atoms with Gasteiger partial charge < -0.3 is 0 Å². The third-order valence-electron chi connectivity index (χ3n) is 1.34. The lowest BCUT2D eigenvalue weighted by atomic mass is 10.4. The number of nitrogens with one attached hydrogen (secondary N) is 1. The molecule has 0 aliphatic carbocycles. The van der Waals surface area contributed by atoms with Crippen molar-refractivity contribution < 1.29 is 4.79 Å². The third kappa shape index (κ3) is 1.05. The molecule has 1 aliphatic rings. The molecule has 0 aromatic heterocycles. The number of rotatable bonds is 1. The molecule has 0 radical (unpaired) electrons. The van der Waals surface area contributed by atoms with Crippen molar-refractivity contribution in [1.29, 1.82) is 0 Å². The first-order chi connectivity index (χ1) is 3.83. The van der Waals surface area contributed by atoms with Crippen LogP contribution in [0.3, 0.4) is 0 Å². The van der Waals surface area contributed by atoms with E-state index in [0.29, 0.717) is 18.7 Å². The molecule has 1 N–H and O–H groups in total. The maximum absolute atomic E-state index is 10.5. The number of nitrogens with zero attached hydrogens (tertiary/aromatic N) is 1. The fourth-order valence-electron chi connectivity index (χ4n) is 0.822. The second kappa shape index (κ2) is 2.24. The fraction of sp³-hybridized carbons (Fsp3) is 0.800. The smallest absolute Gasteiger partial charge is 0.149 e. The number of Topliss-reactive ketones (excluding diaryl/α,β-unsaturated/α-hetero) is 1. The number of ketones is 1. The van der Waals surface area contributed by atoms with Gasteiger partial charge >= 0.3 is 0 Å². The highest BCUT2D eigenvalue weighted by atomic mass is 16.1. The van der Waals surface area contributed by atoms with Gasteiger partial charge in [-0.3, -0.25) is 10.2 Å². The van der Waals surface area contributed by atoms with Crippen molar-refractivity contribution in [3.63, 3.8) is 0 Å². The predicted molar refractivity (Wildman–Crippen MR) is 30.3 cm³/mol. The molecular weight excluding hydrogens is 104 g/mol. The lowest BCUT2D eigenvalue weighted by Gasteiger charge is -2.09. The van der Waals surface area contributed by atoms with Gasteiger partial charge in [0.1, 0.15) is 5.78 Å². The van der Waals surface area contributed by atoms with Crippen molar-refractivity contribution in [2.24, 2.45) is 0 Å². The van der Waals surface area contributed by atoms with E-state index < -0.39 is 0 Å². The van der Waals surface area contributed by atoms with Gasteiger partial charge in [0.2, 0.25) is 0 Å². The molecule has 1 saturated heterocycles. The van der Waals surface area contributed by atoms with Gasteiger partial charge in [-0.25, -0.2) is 5.01 Å². The summed E-state index contributed by atoms with van der Waals surface area (Å²) in [6.07, 6.45) is 0.709. The molecule has 0 spiro atoms. The van der Waals surface area contributed by atoms with E-state index in [-0.39, 0.29) is 0 Å². The molecule has 1 heterocycles. The van der Waals surface area contributed by atoms with E-state index in [2.05, 4.69) is 5.43 Å². The molecule has 1 fully saturated rings. The molecule has 0 atom stereocenters. The van der Waals surface area contributed by atoms with Crippen LogP contribution in [0.4, 0.5) is 0 Å². The second-order valence-electron chi connectivity index (χ2n) is 1.93. The van der Waals surface area contributed by atoms with Crippen molar-refractivity contribution in [1.82, 2.24) is 10.4 Å². The third-order valence-corrected chi connectivity index (χ3v) is 1.34. The van der Waals surface area contributed by atoms with E-state index in [1.165, 1.54) is 0 Å². The lowest BCUT2D eigenvalue weighted by molar-refractivity contribution is -0.117. The summed E-state index contributed by atoms with van der Waals surface area (Å²) in [4.78, 5) is 10.5. The van der Waals surface area contributed by atoms with E-state index in [0.717, 1.165) is 6.54 Å². The van der Waals surface area contributed by atoms with Gasteiger partial charge in [-0.15, -0.1) is 0 Å². The van der Waals surface area contributed by atoms with Gasteiger partial charge in [-0.1, -0.05) is 0 Å². The van der Waals surface area contributed by atoms with Crippen LogP contribution >= 0.6 is 0 Å². The van der Waals surface area contributed by atoms with Crippen molar-refractivity contribution in [2.75, 3.05) is 20.1 Å². The summed E-state index contributed by atoms with van der Waals surface area (Å²) >= 11 is 0. The Morgan fingerprint density at radius 2 is 2.50 bits per heavy atom. The first-order valence-electron chi connectivity index (χ1n) is 2.77. The number of carbonyl (C=O) groups excluding carboxylic acids is 1. The molecule has 8 heavy (non-hydrogen) atoms. The van der Waals surface area contributed by atoms with Gasteiger partial charge in [-0.05, 0) is 7.05 Å². The molecule has 0 aromatic carbocycles. The van der Waals surface area contributed by atoms with Crippen LogP contribution in [0.2, 0.25) is 0 Å². The number of hydrogen-bond acceptors (Lipinski definition) is 3. The summed E-state index contributed by atoms with van der Waals surface area (Å²) in [5.74, 6) is 0.333. The summed E-state index contributed by atoms with van der Waals surface area (Å²) in [7, 11) is 1.83. The Morgan fingerprint density at radius 3 is 2.75 bits per heavy atom. The Labute approximate surface area is 48.6 Å². The summed E-state index contributed by atoms with van der Waals surface area (Å²) in [6.45, 7) is 1.45. The molecule has 3 heteroatoms. The largest absolute Gasteiger partial charge is 0.298 e. The van der Waals surface area contributed by atoms with Gasteiger partial charge in [-0.2, -0.15) is 0 Å². The minimum atomic E-state index is 0.333. The van der Waals surface area contributed by atoms with Crippen molar-refractivity contribution in [3.8, 4) is 0 Å². The molecule has 46 valence electrons. The average molecular weight is 114 g/mol. The van der Waals surface area contributed by atoms with Gasteiger partial charge in [0.05, 0.1) is 6.54 Å². The molecule has 0 aromatic rings. The standard InChI is InChI=1S/C5H10N2O/c1-6-7-3-2-5(8)4-7/h6H,2-4H2,1H3. The van der Waals surface area contributed by atoms with Crippen molar-refractivity contribution >= 4 is 5.78 Å². The minimum absolute atomic E-state index is 0.333. The lowest BCUT2D eigenvalue weighted by Crippen LogP contribution is -2.32. The fourth-order valence-corrected chi connectivity index (χ4v) is 0.822. The van der Waals surface area contributed by atoms with Gasteiger partial charge in [0, 0.05) is 13.0 Å². The van der Waals surface area contributed by atoms with Crippen LogP contribution in [0, 0.1) is 0 Å². The SMILES string of the molecule is CNN1CCC(=O)C1. The Morgan fingerprint density at radius 1 is 1.75 bits per heavy atom.